The Hall–Kier alpha value is -2.29. The Morgan fingerprint density at radius 3 is 2.44 bits per heavy atom. The highest BCUT2D eigenvalue weighted by Crippen LogP contribution is 2.33. The molecule has 136 valence electrons. The van der Waals surface area contributed by atoms with E-state index in [0.717, 1.165) is 32.4 Å². The van der Waals surface area contributed by atoms with Crippen molar-refractivity contribution in [3.05, 3.63) is 59.6 Å². The van der Waals surface area contributed by atoms with Crippen molar-refractivity contribution in [3.63, 3.8) is 0 Å². The Morgan fingerprint density at radius 1 is 1.04 bits per heavy atom. The summed E-state index contributed by atoms with van der Waals surface area (Å²) in [6.45, 7) is 4.16. The van der Waals surface area contributed by atoms with E-state index in [4.69, 9.17) is 11.6 Å². The zero-order chi connectivity index (χ0) is 18.8. The average Bonchev–Trinajstić information content (AvgIpc) is 3.31. The maximum atomic E-state index is 6.06. The highest BCUT2D eigenvalue weighted by Gasteiger charge is 2.19. The molecule has 3 heterocycles. The van der Waals surface area contributed by atoms with Crippen molar-refractivity contribution in [2.24, 2.45) is 0 Å². The van der Waals surface area contributed by atoms with E-state index in [-0.39, 0.29) is 5.92 Å². The van der Waals surface area contributed by atoms with Gasteiger partial charge in [0.2, 0.25) is 5.16 Å². The van der Waals surface area contributed by atoms with E-state index in [1.165, 1.54) is 23.3 Å². The molecule has 0 fully saturated rings. The second-order valence-corrected chi connectivity index (χ2v) is 8.43. The molecule has 0 saturated heterocycles. The minimum atomic E-state index is 0.289. The number of nitrogens with zero attached hydrogens (tertiary/aromatic N) is 6. The number of hydrogen-bond acceptors (Lipinski definition) is 7. The summed E-state index contributed by atoms with van der Waals surface area (Å²) in [5, 5.41) is 10.2. The second kappa shape index (κ2) is 7.75. The van der Waals surface area contributed by atoms with Crippen LogP contribution in [0.3, 0.4) is 0 Å². The predicted octanol–water partition coefficient (Wildman–Crippen LogP) is 5.11. The van der Waals surface area contributed by atoms with Crippen LogP contribution < -0.4 is 0 Å². The fourth-order valence-corrected chi connectivity index (χ4v) is 4.25. The third-order valence-electron chi connectivity index (χ3n) is 3.77. The Balaban J connectivity index is 1.79. The first-order chi connectivity index (χ1) is 13.1. The van der Waals surface area contributed by atoms with Gasteiger partial charge in [-0.15, -0.1) is 10.2 Å². The van der Waals surface area contributed by atoms with E-state index in [2.05, 4.69) is 38.4 Å². The van der Waals surface area contributed by atoms with Crippen LogP contribution in [0.2, 0.25) is 5.02 Å². The molecule has 0 atom stereocenters. The molecule has 0 aliphatic heterocycles. The van der Waals surface area contributed by atoms with Gasteiger partial charge in [0.05, 0.1) is 0 Å². The van der Waals surface area contributed by atoms with Gasteiger partial charge in [-0.2, -0.15) is 4.37 Å². The highest BCUT2D eigenvalue weighted by atomic mass is 35.5. The van der Waals surface area contributed by atoms with Gasteiger partial charge in [0.25, 0.3) is 0 Å². The summed E-state index contributed by atoms with van der Waals surface area (Å²) in [6, 6.07) is 11.4. The van der Waals surface area contributed by atoms with Gasteiger partial charge >= 0.3 is 0 Å². The molecular weight excluding hydrogens is 400 g/mol. The van der Waals surface area contributed by atoms with Gasteiger partial charge in [-0.05, 0) is 59.7 Å². The number of pyridine rings is 1. The quantitative estimate of drug-likeness (QED) is 0.452. The topological polar surface area (TPSA) is 69.4 Å². The van der Waals surface area contributed by atoms with Crippen molar-refractivity contribution in [1.82, 2.24) is 29.1 Å². The summed E-state index contributed by atoms with van der Waals surface area (Å²) in [5.74, 6) is 1.86. The molecule has 27 heavy (non-hydrogen) atoms. The molecule has 0 bridgehead atoms. The highest BCUT2D eigenvalue weighted by molar-refractivity contribution is 8.00. The van der Waals surface area contributed by atoms with Crippen LogP contribution in [0.25, 0.3) is 17.1 Å². The van der Waals surface area contributed by atoms with Crippen molar-refractivity contribution in [1.29, 1.82) is 0 Å². The van der Waals surface area contributed by atoms with Crippen LogP contribution in [-0.4, -0.2) is 29.1 Å². The minimum absolute atomic E-state index is 0.289. The van der Waals surface area contributed by atoms with Crippen molar-refractivity contribution in [3.8, 4) is 17.1 Å². The van der Waals surface area contributed by atoms with Crippen molar-refractivity contribution < 1.29 is 0 Å². The van der Waals surface area contributed by atoms with Crippen LogP contribution >= 0.6 is 34.9 Å². The summed E-state index contributed by atoms with van der Waals surface area (Å²) in [6.07, 6.45) is 3.48. The lowest BCUT2D eigenvalue weighted by Crippen LogP contribution is -1.99. The third-order valence-corrected chi connectivity index (χ3v) is 5.74. The fourth-order valence-electron chi connectivity index (χ4n) is 2.42. The van der Waals surface area contributed by atoms with Crippen molar-refractivity contribution in [2.45, 2.75) is 29.3 Å². The van der Waals surface area contributed by atoms with Gasteiger partial charge in [0.15, 0.2) is 10.2 Å². The summed E-state index contributed by atoms with van der Waals surface area (Å²) in [4.78, 5) is 8.68. The molecular formula is C18H15ClN6S2. The maximum absolute atomic E-state index is 6.06. The molecule has 3 aromatic heterocycles. The van der Waals surface area contributed by atoms with E-state index >= 15 is 0 Å². The molecule has 0 radical (unpaired) electrons. The Labute approximate surface area is 169 Å². The average molecular weight is 415 g/mol. The van der Waals surface area contributed by atoms with E-state index in [0.29, 0.717) is 5.02 Å². The van der Waals surface area contributed by atoms with E-state index < -0.39 is 0 Å². The Morgan fingerprint density at radius 2 is 1.78 bits per heavy atom. The molecule has 0 amide bonds. The molecule has 4 rings (SSSR count). The first kappa shape index (κ1) is 18.1. The standard InChI is InChI=1S/C18H15ClN6S2/c1-11(2)15-21-18(27-24-15)26-17-23-22-16(12-7-9-20-10-8-12)25(17)14-5-3-13(19)4-6-14/h3-11H,1-2H3. The van der Waals surface area contributed by atoms with Crippen LogP contribution in [0.1, 0.15) is 25.6 Å². The molecule has 1 aromatic carbocycles. The molecule has 0 N–H and O–H groups in total. The lowest BCUT2D eigenvalue weighted by atomic mass is 10.2. The van der Waals surface area contributed by atoms with E-state index in [1.54, 1.807) is 12.4 Å². The van der Waals surface area contributed by atoms with Gasteiger partial charge in [0, 0.05) is 34.6 Å². The summed E-state index contributed by atoms with van der Waals surface area (Å²) in [5.41, 5.74) is 1.85. The largest absolute Gasteiger partial charge is 0.270 e. The molecule has 0 aliphatic rings. The first-order valence-electron chi connectivity index (χ1n) is 8.25. The van der Waals surface area contributed by atoms with Gasteiger partial charge in [-0.25, -0.2) is 4.98 Å². The zero-order valence-corrected chi connectivity index (χ0v) is 17.0. The van der Waals surface area contributed by atoms with Gasteiger partial charge < -0.3 is 0 Å². The second-order valence-electron chi connectivity index (χ2n) is 6.03. The number of hydrogen-bond donors (Lipinski definition) is 0. The van der Waals surface area contributed by atoms with Gasteiger partial charge in [0.1, 0.15) is 5.82 Å². The van der Waals surface area contributed by atoms with Crippen LogP contribution in [0, 0.1) is 0 Å². The van der Waals surface area contributed by atoms with Gasteiger partial charge in [-0.3, -0.25) is 9.55 Å². The fraction of sp³-hybridized carbons (Fsp3) is 0.167. The number of aromatic nitrogens is 6. The lowest BCUT2D eigenvalue weighted by Gasteiger charge is -2.09. The van der Waals surface area contributed by atoms with Crippen LogP contribution in [-0.2, 0) is 0 Å². The molecule has 9 heteroatoms. The van der Waals surface area contributed by atoms with E-state index in [1.807, 2.05) is 41.0 Å². The summed E-state index contributed by atoms with van der Waals surface area (Å²) < 4.78 is 7.25. The van der Waals surface area contributed by atoms with Crippen molar-refractivity contribution >= 4 is 34.9 Å². The summed E-state index contributed by atoms with van der Waals surface area (Å²) in [7, 11) is 0. The summed E-state index contributed by atoms with van der Waals surface area (Å²) >= 11 is 8.89. The Kier molecular flexibility index (Phi) is 5.20. The number of halogens is 1. The molecule has 0 aliphatic carbocycles. The maximum Gasteiger partial charge on any atom is 0.203 e. The molecule has 0 saturated carbocycles. The van der Waals surface area contributed by atoms with Crippen LogP contribution in [0.15, 0.2) is 58.3 Å². The molecule has 6 nitrogen and oxygen atoms in total. The van der Waals surface area contributed by atoms with Crippen LogP contribution in [0.4, 0.5) is 0 Å². The molecule has 0 unspecified atom stereocenters. The molecule has 0 spiro atoms. The molecule has 4 aromatic rings. The lowest BCUT2D eigenvalue weighted by molar-refractivity contribution is 0.788. The van der Waals surface area contributed by atoms with Gasteiger partial charge in [-0.1, -0.05) is 25.4 Å². The van der Waals surface area contributed by atoms with E-state index in [9.17, 15) is 0 Å². The normalized spacial score (nSPS) is 11.3. The SMILES string of the molecule is CC(C)c1nsc(Sc2nnc(-c3ccncc3)n2-c2ccc(Cl)cc2)n1. The smallest absolute Gasteiger partial charge is 0.203 e. The minimum Gasteiger partial charge on any atom is -0.270 e. The van der Waals surface area contributed by atoms with Crippen LogP contribution in [0.5, 0.6) is 0 Å². The number of rotatable bonds is 5. The zero-order valence-electron chi connectivity index (χ0n) is 14.6. The third kappa shape index (κ3) is 3.87. The first-order valence-corrected chi connectivity index (χ1v) is 10.2. The Bertz CT molecular complexity index is 1040. The monoisotopic (exact) mass is 414 g/mol. The predicted molar refractivity (Wildman–Crippen MR) is 108 cm³/mol. The number of benzene rings is 1. The van der Waals surface area contributed by atoms with Crippen molar-refractivity contribution in [2.75, 3.05) is 0 Å².